The van der Waals surface area contributed by atoms with Gasteiger partial charge in [0.2, 0.25) is 0 Å². The Labute approximate surface area is 219 Å². The second-order valence-corrected chi connectivity index (χ2v) is 17.6. The fourth-order valence-corrected chi connectivity index (χ4v) is 13.1. The van der Waals surface area contributed by atoms with Gasteiger partial charge in [-0.25, -0.2) is 0 Å². The van der Waals surface area contributed by atoms with Crippen LogP contribution in [0.25, 0.3) is 5.57 Å². The molecule has 6 rings (SSSR count). The highest BCUT2D eigenvalue weighted by molar-refractivity contribution is 6.76. The molecule has 0 bridgehead atoms. The molecule has 36 heavy (non-hydrogen) atoms. The Hall–Kier alpha value is -2.20. The van der Waals surface area contributed by atoms with E-state index in [1.54, 1.807) is 0 Å². The standard InChI is InChI=1S/C33H42N2Si/c1-22-34-31-25(23-18-20-24(21-19-23)33(2,3)4)16-11-17-30(31)35(22)36(5,6)32-28-14-9-7-12-26(28)27-13-8-10-15-29(27)32/h7-22,26-32,34H,1-6H3/t22-,26?,27?,28?,29?,30-,31?,32?/m1/s1. The van der Waals surface area contributed by atoms with Crippen molar-refractivity contribution >= 4 is 13.8 Å². The lowest BCUT2D eigenvalue weighted by molar-refractivity contribution is 0.338. The summed E-state index contributed by atoms with van der Waals surface area (Å²) in [5.74, 6) is 2.55. The van der Waals surface area contributed by atoms with Gasteiger partial charge in [0.25, 0.3) is 0 Å². The molecule has 1 aromatic carbocycles. The molecule has 1 saturated heterocycles. The van der Waals surface area contributed by atoms with E-state index in [1.165, 1.54) is 16.7 Å². The normalized spacial score (nSPS) is 37.1. The average molecular weight is 495 g/mol. The van der Waals surface area contributed by atoms with Crippen LogP contribution in [-0.4, -0.2) is 31.1 Å². The minimum atomic E-state index is -1.87. The Morgan fingerprint density at radius 3 is 1.86 bits per heavy atom. The molecule has 3 heteroatoms. The molecule has 0 spiro atoms. The van der Waals surface area contributed by atoms with Gasteiger partial charge in [0, 0.05) is 6.04 Å². The molecule has 0 amide bonds. The van der Waals surface area contributed by atoms with E-state index < -0.39 is 8.24 Å². The van der Waals surface area contributed by atoms with Crippen molar-refractivity contribution in [2.45, 2.75) is 70.0 Å². The largest absolute Gasteiger partial charge is 0.301 e. The Bertz CT molecular complexity index is 1160. The van der Waals surface area contributed by atoms with E-state index in [9.17, 15) is 0 Å². The zero-order chi connectivity index (χ0) is 25.2. The van der Waals surface area contributed by atoms with E-state index in [2.05, 4.69) is 142 Å². The van der Waals surface area contributed by atoms with Crippen LogP contribution in [-0.2, 0) is 5.41 Å². The van der Waals surface area contributed by atoms with Crippen molar-refractivity contribution in [1.82, 2.24) is 9.88 Å². The molecular formula is C33H42N2Si. The van der Waals surface area contributed by atoms with Gasteiger partial charge < -0.3 is 4.57 Å². The van der Waals surface area contributed by atoms with E-state index >= 15 is 0 Å². The van der Waals surface area contributed by atoms with E-state index in [1.807, 2.05) is 0 Å². The molecule has 1 saturated carbocycles. The van der Waals surface area contributed by atoms with Crippen molar-refractivity contribution in [2.75, 3.05) is 0 Å². The lowest BCUT2D eigenvalue weighted by Crippen LogP contribution is -2.59. The maximum absolute atomic E-state index is 4.05. The molecule has 2 nitrogen and oxygen atoms in total. The number of benzene rings is 1. The number of nitrogens with one attached hydrogen (secondary N) is 1. The summed E-state index contributed by atoms with van der Waals surface area (Å²) >= 11 is 0. The van der Waals surface area contributed by atoms with Gasteiger partial charge in [0.15, 0.2) is 0 Å². The van der Waals surface area contributed by atoms with Crippen LogP contribution in [0.2, 0.25) is 18.6 Å². The fourth-order valence-electron chi connectivity index (χ4n) is 8.18. The summed E-state index contributed by atoms with van der Waals surface area (Å²) in [5, 5.41) is 4.05. The SMILES string of the molecule is C[C@@H]1NC2C(c3ccc(C(C)(C)C)cc3)=CC=C[C@H]2N1[Si](C)(C)C1C2C=CC=CC2C2C=CC=CC21. The summed E-state index contributed by atoms with van der Waals surface area (Å²) < 4.78 is 2.94. The first kappa shape index (κ1) is 24.2. The van der Waals surface area contributed by atoms with Gasteiger partial charge in [-0.05, 0) is 58.3 Å². The van der Waals surface area contributed by atoms with Gasteiger partial charge in [0.05, 0.1) is 12.2 Å². The molecule has 1 aliphatic heterocycles. The van der Waals surface area contributed by atoms with Crippen LogP contribution in [0.15, 0.2) is 91.1 Å². The summed E-state index contributed by atoms with van der Waals surface area (Å²) in [5.41, 5.74) is 5.06. The van der Waals surface area contributed by atoms with E-state index in [0.717, 1.165) is 0 Å². The third kappa shape index (κ3) is 3.74. The number of hydrogen-bond acceptors (Lipinski definition) is 2. The maximum Gasteiger partial charge on any atom is 0.129 e. The summed E-state index contributed by atoms with van der Waals surface area (Å²) in [7, 11) is -1.87. The second kappa shape index (κ2) is 8.68. The lowest BCUT2D eigenvalue weighted by Gasteiger charge is -2.48. The Balaban J connectivity index is 1.32. The first-order valence-electron chi connectivity index (χ1n) is 13.9. The summed E-state index contributed by atoms with van der Waals surface area (Å²) in [6.45, 7) is 14.6. The highest BCUT2D eigenvalue weighted by Gasteiger charge is 2.59. The third-order valence-electron chi connectivity index (χ3n) is 9.70. The maximum atomic E-state index is 4.05. The van der Waals surface area contributed by atoms with Crippen LogP contribution < -0.4 is 5.32 Å². The predicted molar refractivity (Wildman–Crippen MR) is 156 cm³/mol. The summed E-state index contributed by atoms with van der Waals surface area (Å²) in [6, 6.07) is 10.1. The Morgan fingerprint density at radius 1 is 0.750 bits per heavy atom. The second-order valence-electron chi connectivity index (χ2n) is 13.1. The highest BCUT2D eigenvalue weighted by atomic mass is 28.3. The number of rotatable bonds is 3. The van der Waals surface area contributed by atoms with Gasteiger partial charge in [-0.15, -0.1) is 0 Å². The van der Waals surface area contributed by atoms with Crippen LogP contribution in [0.5, 0.6) is 0 Å². The van der Waals surface area contributed by atoms with Crippen LogP contribution in [0.1, 0.15) is 38.8 Å². The van der Waals surface area contributed by atoms with Crippen molar-refractivity contribution < 1.29 is 0 Å². The molecule has 1 N–H and O–H groups in total. The lowest BCUT2D eigenvalue weighted by atomic mass is 9.83. The van der Waals surface area contributed by atoms with E-state index in [-0.39, 0.29) is 5.41 Å². The molecule has 5 unspecified atom stereocenters. The zero-order valence-electron chi connectivity index (χ0n) is 22.7. The van der Waals surface area contributed by atoms with Crippen molar-refractivity contribution in [3.63, 3.8) is 0 Å². The van der Waals surface area contributed by atoms with Gasteiger partial charge in [0.1, 0.15) is 8.24 Å². The fraction of sp³-hybridized carbons (Fsp3) is 0.455. The minimum Gasteiger partial charge on any atom is -0.301 e. The van der Waals surface area contributed by atoms with Crippen LogP contribution in [0, 0.1) is 23.7 Å². The number of hydrogen-bond donors (Lipinski definition) is 1. The molecule has 0 aromatic heterocycles. The number of nitrogens with zero attached hydrogens (tertiary/aromatic N) is 1. The van der Waals surface area contributed by atoms with Crippen LogP contribution >= 0.6 is 0 Å². The molecule has 7 atom stereocenters. The van der Waals surface area contributed by atoms with Crippen molar-refractivity contribution in [3.05, 3.63) is 102 Å². The van der Waals surface area contributed by atoms with Crippen LogP contribution in [0.4, 0.5) is 0 Å². The van der Waals surface area contributed by atoms with Gasteiger partial charge in [-0.1, -0.05) is 125 Å². The zero-order valence-corrected chi connectivity index (χ0v) is 23.7. The summed E-state index contributed by atoms with van der Waals surface area (Å²) in [4.78, 5) is 0. The molecular weight excluding hydrogens is 452 g/mol. The molecule has 1 aromatic rings. The van der Waals surface area contributed by atoms with E-state index in [4.69, 9.17) is 0 Å². The van der Waals surface area contributed by atoms with Crippen molar-refractivity contribution in [1.29, 1.82) is 0 Å². The van der Waals surface area contributed by atoms with Crippen molar-refractivity contribution in [3.8, 4) is 0 Å². The van der Waals surface area contributed by atoms with Crippen molar-refractivity contribution in [2.24, 2.45) is 23.7 Å². The topological polar surface area (TPSA) is 15.3 Å². The first-order chi connectivity index (χ1) is 17.2. The van der Waals surface area contributed by atoms with E-state index in [0.29, 0.717) is 47.5 Å². The number of fused-ring (bicyclic) bond motifs is 4. The molecule has 4 aliphatic carbocycles. The van der Waals surface area contributed by atoms with Gasteiger partial charge in [-0.2, -0.15) is 0 Å². The van der Waals surface area contributed by atoms with Gasteiger partial charge in [-0.3, -0.25) is 5.32 Å². The molecule has 5 aliphatic rings. The molecule has 188 valence electrons. The van der Waals surface area contributed by atoms with Gasteiger partial charge >= 0.3 is 0 Å². The predicted octanol–water partition coefficient (Wildman–Crippen LogP) is 7.23. The summed E-state index contributed by atoms with van der Waals surface area (Å²) in [6.07, 6.45) is 26.7. The Morgan fingerprint density at radius 2 is 1.31 bits per heavy atom. The highest BCUT2D eigenvalue weighted by Crippen LogP contribution is 2.59. The quantitative estimate of drug-likeness (QED) is 0.446. The third-order valence-corrected chi connectivity index (χ3v) is 14.1. The van der Waals surface area contributed by atoms with Crippen LogP contribution in [0.3, 0.4) is 0 Å². The smallest absolute Gasteiger partial charge is 0.129 e. The Kier molecular flexibility index (Phi) is 5.83. The molecule has 2 fully saturated rings. The number of allylic oxidation sites excluding steroid dienone is 10. The molecule has 1 heterocycles. The minimum absolute atomic E-state index is 0.178. The molecule has 0 radical (unpaired) electrons. The first-order valence-corrected chi connectivity index (χ1v) is 16.9. The monoisotopic (exact) mass is 494 g/mol. The average Bonchev–Trinajstić information content (AvgIpc) is 3.38.